The summed E-state index contributed by atoms with van der Waals surface area (Å²) < 4.78 is 5.25. The fourth-order valence-corrected chi connectivity index (χ4v) is 3.41. The minimum absolute atomic E-state index is 0.00267. The van der Waals surface area contributed by atoms with Gasteiger partial charge in [-0.15, -0.1) is 0 Å². The van der Waals surface area contributed by atoms with Crippen molar-refractivity contribution in [1.82, 2.24) is 19.9 Å². The molecule has 8 heteroatoms. The first kappa shape index (κ1) is 15.7. The summed E-state index contributed by atoms with van der Waals surface area (Å²) in [5, 5.41) is 7.54. The van der Waals surface area contributed by atoms with E-state index in [1.807, 2.05) is 16.8 Å². The van der Waals surface area contributed by atoms with E-state index in [9.17, 15) is 9.59 Å². The van der Waals surface area contributed by atoms with E-state index >= 15 is 0 Å². The highest BCUT2D eigenvalue weighted by molar-refractivity contribution is 7.08. The Bertz CT molecular complexity index is 697. The van der Waals surface area contributed by atoms with Crippen LogP contribution in [0.2, 0.25) is 0 Å². The number of hydrogen-bond donors (Lipinski definition) is 0. The number of carbonyl (C=O) groups is 2. The number of thiophene rings is 1. The standard InChI is InChI=1S/C15H18N4O3S/c1-10-16-14(22-17-10)13-3-5-18(6-7-19(13)11(2)20)15(21)12-4-8-23-9-12/h4,8-9,13H,3,5-7H2,1-2H3. The van der Waals surface area contributed by atoms with Crippen LogP contribution in [0.4, 0.5) is 0 Å². The molecule has 0 aromatic carbocycles. The van der Waals surface area contributed by atoms with Gasteiger partial charge in [0.15, 0.2) is 5.82 Å². The number of nitrogens with zero attached hydrogens (tertiary/aromatic N) is 4. The van der Waals surface area contributed by atoms with Crippen molar-refractivity contribution in [3.63, 3.8) is 0 Å². The molecule has 1 fully saturated rings. The second kappa shape index (κ2) is 6.49. The van der Waals surface area contributed by atoms with E-state index in [1.165, 1.54) is 18.3 Å². The fourth-order valence-electron chi connectivity index (χ4n) is 2.78. The first-order valence-electron chi connectivity index (χ1n) is 7.45. The van der Waals surface area contributed by atoms with Crippen molar-refractivity contribution in [2.75, 3.05) is 19.6 Å². The van der Waals surface area contributed by atoms with Crippen molar-refractivity contribution in [1.29, 1.82) is 0 Å². The van der Waals surface area contributed by atoms with Crippen LogP contribution in [0.25, 0.3) is 0 Å². The molecule has 3 heterocycles. The van der Waals surface area contributed by atoms with Crippen molar-refractivity contribution in [2.45, 2.75) is 26.3 Å². The lowest BCUT2D eigenvalue weighted by Crippen LogP contribution is -2.37. The van der Waals surface area contributed by atoms with Gasteiger partial charge in [-0.25, -0.2) is 0 Å². The molecule has 23 heavy (non-hydrogen) atoms. The summed E-state index contributed by atoms with van der Waals surface area (Å²) in [5.74, 6) is 0.911. The van der Waals surface area contributed by atoms with Crippen molar-refractivity contribution in [3.05, 3.63) is 34.1 Å². The Balaban J connectivity index is 1.80. The summed E-state index contributed by atoms with van der Waals surface area (Å²) in [4.78, 5) is 32.2. The third kappa shape index (κ3) is 3.26. The summed E-state index contributed by atoms with van der Waals surface area (Å²) in [6.07, 6.45) is 0.580. The molecule has 0 N–H and O–H groups in total. The Kier molecular flexibility index (Phi) is 4.42. The normalized spacial score (nSPS) is 18.8. The molecule has 0 spiro atoms. The molecular weight excluding hydrogens is 316 g/mol. The van der Waals surface area contributed by atoms with Gasteiger partial charge < -0.3 is 14.3 Å². The third-order valence-electron chi connectivity index (χ3n) is 3.95. The average Bonchev–Trinajstić information content (AvgIpc) is 3.14. The highest BCUT2D eigenvalue weighted by Crippen LogP contribution is 2.26. The van der Waals surface area contributed by atoms with Gasteiger partial charge in [0.05, 0.1) is 5.56 Å². The maximum absolute atomic E-state index is 12.5. The molecule has 3 rings (SSSR count). The van der Waals surface area contributed by atoms with Gasteiger partial charge in [-0.05, 0) is 24.8 Å². The summed E-state index contributed by atoms with van der Waals surface area (Å²) in [6, 6.07) is 1.54. The van der Waals surface area contributed by atoms with Gasteiger partial charge in [0.1, 0.15) is 6.04 Å². The lowest BCUT2D eigenvalue weighted by molar-refractivity contribution is -0.131. The Labute approximate surface area is 137 Å². The van der Waals surface area contributed by atoms with Gasteiger partial charge in [-0.1, -0.05) is 5.16 Å². The van der Waals surface area contributed by atoms with Crippen molar-refractivity contribution >= 4 is 23.2 Å². The van der Waals surface area contributed by atoms with Crippen LogP contribution in [0.3, 0.4) is 0 Å². The molecule has 2 aromatic heterocycles. The van der Waals surface area contributed by atoms with E-state index < -0.39 is 0 Å². The van der Waals surface area contributed by atoms with E-state index in [0.29, 0.717) is 43.3 Å². The highest BCUT2D eigenvalue weighted by Gasteiger charge is 2.32. The number of amides is 2. The zero-order valence-corrected chi connectivity index (χ0v) is 13.9. The average molecular weight is 334 g/mol. The lowest BCUT2D eigenvalue weighted by Gasteiger charge is -2.25. The number of hydrogen-bond acceptors (Lipinski definition) is 6. The van der Waals surface area contributed by atoms with E-state index in [0.717, 1.165) is 0 Å². The Morgan fingerprint density at radius 3 is 2.78 bits per heavy atom. The monoisotopic (exact) mass is 334 g/mol. The van der Waals surface area contributed by atoms with Crippen LogP contribution in [0.5, 0.6) is 0 Å². The van der Waals surface area contributed by atoms with Crippen LogP contribution in [0.1, 0.15) is 41.5 Å². The summed E-state index contributed by atoms with van der Waals surface area (Å²) in [7, 11) is 0. The molecule has 122 valence electrons. The predicted molar refractivity (Wildman–Crippen MR) is 84.0 cm³/mol. The molecule has 1 saturated heterocycles. The van der Waals surface area contributed by atoms with Crippen molar-refractivity contribution in [2.24, 2.45) is 0 Å². The van der Waals surface area contributed by atoms with Gasteiger partial charge in [0, 0.05) is 31.9 Å². The van der Waals surface area contributed by atoms with Crippen LogP contribution in [-0.4, -0.2) is 51.4 Å². The summed E-state index contributed by atoms with van der Waals surface area (Å²) in [6.45, 7) is 4.76. The minimum Gasteiger partial charge on any atom is -0.337 e. The maximum atomic E-state index is 12.5. The number of carbonyl (C=O) groups excluding carboxylic acids is 2. The molecular formula is C15H18N4O3S. The Morgan fingerprint density at radius 2 is 2.17 bits per heavy atom. The second-order valence-corrected chi connectivity index (χ2v) is 6.28. The SMILES string of the molecule is CC(=O)N1CCN(C(=O)c2ccsc2)CCC1c1nc(C)no1. The smallest absolute Gasteiger partial charge is 0.254 e. The first-order valence-corrected chi connectivity index (χ1v) is 8.39. The fraction of sp³-hybridized carbons (Fsp3) is 0.467. The lowest BCUT2D eigenvalue weighted by atomic mass is 10.1. The Hall–Kier alpha value is -2.22. The van der Waals surface area contributed by atoms with E-state index in [1.54, 1.807) is 16.7 Å². The Morgan fingerprint density at radius 1 is 1.35 bits per heavy atom. The largest absolute Gasteiger partial charge is 0.337 e. The van der Waals surface area contributed by atoms with Crippen molar-refractivity contribution in [3.8, 4) is 0 Å². The van der Waals surface area contributed by atoms with Crippen LogP contribution < -0.4 is 0 Å². The molecule has 7 nitrogen and oxygen atoms in total. The van der Waals surface area contributed by atoms with E-state index in [-0.39, 0.29) is 17.9 Å². The molecule has 2 amide bonds. The summed E-state index contributed by atoms with van der Waals surface area (Å²) >= 11 is 1.50. The topological polar surface area (TPSA) is 79.5 Å². The van der Waals surface area contributed by atoms with Crippen molar-refractivity contribution < 1.29 is 14.1 Å². The molecule has 1 aliphatic rings. The predicted octanol–water partition coefficient (Wildman–Crippen LogP) is 1.88. The second-order valence-electron chi connectivity index (χ2n) is 5.50. The first-order chi connectivity index (χ1) is 11.1. The van der Waals surface area contributed by atoms with Gasteiger partial charge in [-0.3, -0.25) is 9.59 Å². The number of aromatic nitrogens is 2. The van der Waals surface area contributed by atoms with Gasteiger partial charge >= 0.3 is 0 Å². The molecule has 1 atom stereocenters. The van der Waals surface area contributed by atoms with Gasteiger partial charge in [-0.2, -0.15) is 16.3 Å². The third-order valence-corrected chi connectivity index (χ3v) is 4.63. The maximum Gasteiger partial charge on any atom is 0.254 e. The molecule has 0 bridgehead atoms. The number of rotatable bonds is 2. The number of aryl methyl sites for hydroxylation is 1. The zero-order valence-electron chi connectivity index (χ0n) is 13.1. The molecule has 0 saturated carbocycles. The van der Waals surface area contributed by atoms with Gasteiger partial charge in [0.2, 0.25) is 11.8 Å². The van der Waals surface area contributed by atoms with Crippen LogP contribution in [0.15, 0.2) is 21.3 Å². The zero-order chi connectivity index (χ0) is 16.4. The summed E-state index contributed by atoms with van der Waals surface area (Å²) in [5.41, 5.74) is 0.691. The van der Waals surface area contributed by atoms with Gasteiger partial charge in [0.25, 0.3) is 5.91 Å². The van der Waals surface area contributed by atoms with E-state index in [2.05, 4.69) is 10.1 Å². The molecule has 0 aliphatic carbocycles. The van der Waals surface area contributed by atoms with Crippen LogP contribution in [-0.2, 0) is 4.79 Å². The molecule has 2 aromatic rings. The quantitative estimate of drug-likeness (QED) is 0.838. The van der Waals surface area contributed by atoms with Crippen LogP contribution in [0, 0.1) is 6.92 Å². The minimum atomic E-state index is -0.283. The van der Waals surface area contributed by atoms with Crippen LogP contribution >= 0.6 is 11.3 Å². The molecule has 1 aliphatic heterocycles. The molecule has 0 radical (unpaired) electrons. The van der Waals surface area contributed by atoms with E-state index in [4.69, 9.17) is 4.52 Å². The molecule has 1 unspecified atom stereocenters. The highest BCUT2D eigenvalue weighted by atomic mass is 32.1.